The second-order valence-corrected chi connectivity index (χ2v) is 5.13. The van der Waals surface area contributed by atoms with E-state index in [2.05, 4.69) is 10.0 Å². The van der Waals surface area contributed by atoms with E-state index >= 15 is 0 Å². The van der Waals surface area contributed by atoms with Crippen molar-refractivity contribution in [1.82, 2.24) is 4.72 Å². The Labute approximate surface area is 99.2 Å². The van der Waals surface area contributed by atoms with Crippen LogP contribution in [0.2, 0.25) is 0 Å². The zero-order valence-electron chi connectivity index (χ0n) is 9.23. The highest BCUT2D eigenvalue weighted by Crippen LogP contribution is 2.21. The van der Waals surface area contributed by atoms with Gasteiger partial charge >= 0.3 is 0 Å². The third kappa shape index (κ3) is 3.33. The molecule has 94 valence electrons. The maximum atomic E-state index is 11.5. The minimum Gasteiger partial charge on any atom is -0.398 e. The molecule has 0 heterocycles. The molecule has 0 aliphatic rings. The van der Waals surface area contributed by atoms with E-state index in [1.807, 2.05) is 0 Å². The molecule has 0 aromatic heterocycles. The van der Waals surface area contributed by atoms with Crippen molar-refractivity contribution in [2.24, 2.45) is 5.73 Å². The van der Waals surface area contributed by atoms with E-state index in [1.165, 1.54) is 25.2 Å². The zero-order chi connectivity index (χ0) is 13.1. The second kappa shape index (κ2) is 5.02. The van der Waals surface area contributed by atoms with E-state index in [1.54, 1.807) is 0 Å². The molecule has 0 bridgehead atoms. The first-order valence-electron chi connectivity index (χ1n) is 4.72. The van der Waals surface area contributed by atoms with Crippen molar-refractivity contribution >= 4 is 27.3 Å². The van der Waals surface area contributed by atoms with Gasteiger partial charge in [0.2, 0.25) is 15.9 Å². The van der Waals surface area contributed by atoms with E-state index in [-0.39, 0.29) is 17.1 Å². The highest BCUT2D eigenvalue weighted by molar-refractivity contribution is 7.89. The lowest BCUT2D eigenvalue weighted by atomic mass is 10.3. The smallest absolute Gasteiger partial charge is 0.242 e. The molecular formula is C9H14N4O3S. The van der Waals surface area contributed by atoms with Crippen LogP contribution in [-0.2, 0) is 14.8 Å². The molecule has 7 nitrogen and oxygen atoms in total. The van der Waals surface area contributed by atoms with Crippen molar-refractivity contribution in [3.63, 3.8) is 0 Å². The molecule has 1 rings (SSSR count). The highest BCUT2D eigenvalue weighted by atomic mass is 32.2. The van der Waals surface area contributed by atoms with Gasteiger partial charge in [-0.3, -0.25) is 4.79 Å². The fourth-order valence-corrected chi connectivity index (χ4v) is 2.04. The van der Waals surface area contributed by atoms with Crippen LogP contribution in [0.15, 0.2) is 23.1 Å². The monoisotopic (exact) mass is 258 g/mol. The van der Waals surface area contributed by atoms with Crippen LogP contribution in [-0.4, -0.2) is 27.9 Å². The number of nitrogen functional groups attached to an aromatic ring is 1. The largest absolute Gasteiger partial charge is 0.398 e. The first kappa shape index (κ1) is 13.3. The van der Waals surface area contributed by atoms with Crippen molar-refractivity contribution in [3.05, 3.63) is 18.2 Å². The molecule has 0 atom stereocenters. The van der Waals surface area contributed by atoms with E-state index in [9.17, 15) is 13.2 Å². The SMILES string of the molecule is CNS(=O)(=O)c1ccc(NCC(N)=O)cc1N. The summed E-state index contributed by atoms with van der Waals surface area (Å²) in [6.07, 6.45) is 0. The zero-order valence-corrected chi connectivity index (χ0v) is 10.0. The molecule has 1 aromatic carbocycles. The maximum Gasteiger partial charge on any atom is 0.242 e. The van der Waals surface area contributed by atoms with Crippen LogP contribution >= 0.6 is 0 Å². The normalized spacial score (nSPS) is 11.1. The highest BCUT2D eigenvalue weighted by Gasteiger charge is 2.15. The Balaban J connectivity index is 2.98. The average Bonchev–Trinajstić information content (AvgIpc) is 2.26. The molecule has 1 aromatic rings. The van der Waals surface area contributed by atoms with Gasteiger partial charge in [0.1, 0.15) is 4.90 Å². The molecule has 1 amide bonds. The number of benzene rings is 1. The van der Waals surface area contributed by atoms with Gasteiger partial charge in [-0.1, -0.05) is 0 Å². The summed E-state index contributed by atoms with van der Waals surface area (Å²) in [5, 5.41) is 2.71. The number of carbonyl (C=O) groups excluding carboxylic acids is 1. The number of sulfonamides is 1. The van der Waals surface area contributed by atoms with E-state index in [4.69, 9.17) is 11.5 Å². The van der Waals surface area contributed by atoms with Gasteiger partial charge in [0.25, 0.3) is 0 Å². The Bertz CT molecular complexity index is 527. The number of nitrogens with one attached hydrogen (secondary N) is 2. The molecule has 17 heavy (non-hydrogen) atoms. The molecule has 0 fully saturated rings. The summed E-state index contributed by atoms with van der Waals surface area (Å²) in [7, 11) is -2.27. The van der Waals surface area contributed by atoms with E-state index in [0.29, 0.717) is 5.69 Å². The number of rotatable bonds is 5. The molecule has 0 radical (unpaired) electrons. The Morgan fingerprint density at radius 3 is 2.53 bits per heavy atom. The van der Waals surface area contributed by atoms with E-state index < -0.39 is 15.9 Å². The summed E-state index contributed by atoms with van der Waals surface area (Å²) in [5.74, 6) is -0.518. The summed E-state index contributed by atoms with van der Waals surface area (Å²) in [6, 6.07) is 4.28. The Kier molecular flexibility index (Phi) is 3.92. The molecule has 8 heteroatoms. The summed E-state index contributed by atoms with van der Waals surface area (Å²) in [5.41, 5.74) is 11.2. The summed E-state index contributed by atoms with van der Waals surface area (Å²) < 4.78 is 25.2. The number of anilines is 2. The number of primary amides is 1. The number of nitrogens with two attached hydrogens (primary N) is 2. The third-order valence-corrected chi connectivity index (χ3v) is 3.52. The van der Waals surface area contributed by atoms with Crippen molar-refractivity contribution in [1.29, 1.82) is 0 Å². The Hall–Kier alpha value is -1.80. The van der Waals surface area contributed by atoms with Gasteiger partial charge < -0.3 is 16.8 Å². The maximum absolute atomic E-state index is 11.5. The fourth-order valence-electron chi connectivity index (χ4n) is 1.20. The van der Waals surface area contributed by atoms with E-state index in [0.717, 1.165) is 0 Å². The predicted octanol–water partition coefficient (Wildman–Crippen LogP) is -0.926. The number of carbonyl (C=O) groups is 1. The van der Waals surface area contributed by atoms with Crippen LogP contribution in [0.4, 0.5) is 11.4 Å². The quantitative estimate of drug-likeness (QED) is 0.508. The predicted molar refractivity (Wildman–Crippen MR) is 64.8 cm³/mol. The van der Waals surface area contributed by atoms with Gasteiger partial charge in [0, 0.05) is 5.69 Å². The summed E-state index contributed by atoms with van der Waals surface area (Å²) in [6.45, 7) is -0.0441. The molecule has 0 aliphatic carbocycles. The van der Waals surface area contributed by atoms with Gasteiger partial charge in [-0.15, -0.1) is 0 Å². The molecule has 0 unspecified atom stereocenters. The van der Waals surface area contributed by atoms with Gasteiger partial charge in [0.05, 0.1) is 12.2 Å². The lowest BCUT2D eigenvalue weighted by Gasteiger charge is -2.09. The Morgan fingerprint density at radius 2 is 2.06 bits per heavy atom. The average molecular weight is 258 g/mol. The number of amides is 1. The lowest BCUT2D eigenvalue weighted by Crippen LogP contribution is -2.22. The lowest BCUT2D eigenvalue weighted by molar-refractivity contribution is -0.116. The topological polar surface area (TPSA) is 127 Å². The van der Waals surface area contributed by atoms with Crippen LogP contribution in [0.25, 0.3) is 0 Å². The van der Waals surface area contributed by atoms with Crippen LogP contribution < -0.4 is 21.5 Å². The molecule has 6 N–H and O–H groups in total. The molecule has 0 saturated carbocycles. The van der Waals surface area contributed by atoms with Gasteiger partial charge in [-0.05, 0) is 25.2 Å². The van der Waals surface area contributed by atoms with Crippen LogP contribution in [0.5, 0.6) is 0 Å². The first-order valence-corrected chi connectivity index (χ1v) is 6.20. The van der Waals surface area contributed by atoms with Crippen molar-refractivity contribution < 1.29 is 13.2 Å². The van der Waals surface area contributed by atoms with Gasteiger partial charge in [0.15, 0.2) is 0 Å². The van der Waals surface area contributed by atoms with Gasteiger partial charge in [-0.2, -0.15) is 0 Å². The number of hydrogen-bond acceptors (Lipinski definition) is 5. The minimum atomic E-state index is -3.57. The molecule has 0 saturated heterocycles. The standard InChI is InChI=1S/C9H14N4O3S/c1-12-17(15,16)8-3-2-6(4-7(8)10)13-5-9(11)14/h2-4,12-13H,5,10H2,1H3,(H2,11,14). The first-order chi connectivity index (χ1) is 7.86. The third-order valence-electron chi connectivity index (χ3n) is 2.03. The summed E-state index contributed by atoms with van der Waals surface area (Å²) >= 11 is 0. The van der Waals surface area contributed by atoms with Gasteiger partial charge in [-0.25, -0.2) is 13.1 Å². The Morgan fingerprint density at radius 1 is 1.41 bits per heavy atom. The molecular weight excluding hydrogens is 244 g/mol. The second-order valence-electron chi connectivity index (χ2n) is 3.28. The summed E-state index contributed by atoms with van der Waals surface area (Å²) in [4.78, 5) is 10.5. The van der Waals surface area contributed by atoms with Crippen molar-refractivity contribution in [2.75, 3.05) is 24.6 Å². The number of hydrogen-bond donors (Lipinski definition) is 4. The molecule has 0 aliphatic heterocycles. The van der Waals surface area contributed by atoms with Crippen LogP contribution in [0.3, 0.4) is 0 Å². The van der Waals surface area contributed by atoms with Crippen molar-refractivity contribution in [3.8, 4) is 0 Å². The van der Waals surface area contributed by atoms with Crippen LogP contribution in [0, 0.1) is 0 Å². The molecule has 0 spiro atoms. The van der Waals surface area contributed by atoms with Crippen molar-refractivity contribution in [2.45, 2.75) is 4.90 Å². The van der Waals surface area contributed by atoms with Crippen LogP contribution in [0.1, 0.15) is 0 Å². The fraction of sp³-hybridized carbons (Fsp3) is 0.222. The minimum absolute atomic E-state index is 0.00961.